The molecule has 2 fully saturated rings. The van der Waals surface area contributed by atoms with Gasteiger partial charge in [-0.2, -0.15) is 52.7 Å². The topological polar surface area (TPSA) is 159 Å². The summed E-state index contributed by atoms with van der Waals surface area (Å²) in [4.78, 5) is 32.7. The van der Waals surface area contributed by atoms with Gasteiger partial charge in [0.05, 0.1) is 12.8 Å². The first-order valence-electron chi connectivity index (χ1n) is 19.9. The Balaban J connectivity index is 0.000000254. The molecular weight excluding hydrogens is 980 g/mol. The summed E-state index contributed by atoms with van der Waals surface area (Å²) in [6.45, 7) is 0.966. The van der Waals surface area contributed by atoms with Gasteiger partial charge in [0, 0.05) is 65.4 Å². The van der Waals surface area contributed by atoms with Crippen LogP contribution in [0.5, 0.6) is 0 Å². The number of carbonyl (C=O) groups excluding carboxylic acids is 2. The van der Waals surface area contributed by atoms with Crippen molar-refractivity contribution in [1.29, 1.82) is 0 Å². The van der Waals surface area contributed by atoms with Crippen molar-refractivity contribution in [2.45, 2.75) is 91.4 Å². The molecule has 10 nitrogen and oxygen atoms in total. The molecule has 2 unspecified atom stereocenters. The van der Waals surface area contributed by atoms with Gasteiger partial charge in [-0.3, -0.25) is 18.0 Å². The Morgan fingerprint density at radius 3 is 1.26 bits per heavy atom. The first-order chi connectivity index (χ1) is 31.1. The largest absolute Gasteiger partial charge is 0.430 e. The number of anilines is 2. The fourth-order valence-electron chi connectivity index (χ4n) is 6.72. The molecule has 0 spiro atoms. The second-order valence-corrected chi connectivity index (χ2v) is 21.2. The molecule has 2 aliphatic rings. The van der Waals surface area contributed by atoms with Crippen LogP contribution >= 0.6 is 0 Å². The van der Waals surface area contributed by atoms with E-state index in [4.69, 9.17) is 0 Å². The van der Waals surface area contributed by atoms with Crippen molar-refractivity contribution in [3.8, 4) is 0 Å². The predicted octanol–water partition coefficient (Wildman–Crippen LogP) is 8.57. The maximum atomic E-state index is 14.2. The molecule has 2 aromatic carbocycles. The highest BCUT2D eigenvalue weighted by molar-refractivity contribution is 8.00. The van der Waals surface area contributed by atoms with E-state index < -0.39 is 95.0 Å². The zero-order valence-electron chi connectivity index (χ0n) is 35.3. The molecule has 2 amide bonds. The van der Waals surface area contributed by atoms with E-state index in [-0.39, 0.29) is 35.7 Å². The van der Waals surface area contributed by atoms with Crippen LogP contribution in [0.1, 0.15) is 53.5 Å². The zero-order chi connectivity index (χ0) is 51.1. The van der Waals surface area contributed by atoms with Gasteiger partial charge in [-0.1, -0.05) is 24.3 Å². The van der Waals surface area contributed by atoms with Crippen LogP contribution in [0.2, 0.25) is 0 Å². The van der Waals surface area contributed by atoms with Gasteiger partial charge in [-0.15, -0.1) is 0 Å². The van der Waals surface area contributed by atoms with Crippen LogP contribution in [0.15, 0.2) is 83.1 Å². The molecule has 0 bridgehead atoms. The molecule has 4 aromatic rings. The SMILES string of the molecule is C=S(=O)(CC1CC1)c1ccc(CC(=O)Nc2ccc(C(O)(C(F)(F)F)C(F)(F)F)c(C)c2)cn1.C=S(=O)(CC1CC1)c1ccc(CC(=O)Nc2ccc(C(O)(C(F)(F)F)C(F)(F)F)c(F)c2)cn1. The molecule has 2 aliphatic carbocycles. The highest BCUT2D eigenvalue weighted by atomic mass is 32.2. The molecule has 2 saturated carbocycles. The number of aromatic nitrogens is 2. The van der Waals surface area contributed by atoms with E-state index in [0.717, 1.165) is 44.7 Å². The summed E-state index contributed by atoms with van der Waals surface area (Å²) >= 11 is 0. The number of aryl methyl sites for hydroxylation is 1. The summed E-state index contributed by atoms with van der Waals surface area (Å²) in [7, 11) is -5.09. The standard InChI is InChI=1S/C22H22F6N2O3S.C21H19F7N2O3S/c1-13-9-16(6-7-17(13)20(32,21(23,24)25)22(26,27)28)30-18(31)10-15-5-8-19(29-11-15)34(2,33)12-14-3-4-14;1-34(33,11-12-2-3-12)18-7-4-13(10-29-18)8-17(31)30-14-5-6-15(16(22)9-14)19(32,20(23,24)25)21(26,27)28/h5-9,11,14,32H,2-4,10,12H2,1H3,(H,30,31);4-7,9-10,12,32H,1-3,8,11H2,(H,30,31). The van der Waals surface area contributed by atoms with Crippen molar-refractivity contribution < 1.29 is 85.3 Å². The number of pyridine rings is 2. The summed E-state index contributed by atoms with van der Waals surface area (Å²) in [6, 6.07) is 9.21. The van der Waals surface area contributed by atoms with E-state index in [2.05, 4.69) is 32.3 Å². The Bertz CT molecular complexity index is 2500. The minimum atomic E-state index is -6.24. The van der Waals surface area contributed by atoms with Gasteiger partial charge >= 0.3 is 24.7 Å². The predicted molar refractivity (Wildman–Crippen MR) is 225 cm³/mol. The zero-order valence-corrected chi connectivity index (χ0v) is 36.9. The average molecular weight is 1020 g/mol. The Kier molecular flexibility index (Phi) is 15.2. The molecule has 2 aromatic heterocycles. The fourth-order valence-corrected chi connectivity index (χ4v) is 10.4. The summed E-state index contributed by atoms with van der Waals surface area (Å²) < 4.78 is 196. The molecule has 2 heterocycles. The smallest absolute Gasteiger partial charge is 0.369 e. The van der Waals surface area contributed by atoms with Gasteiger partial charge in [-0.05, 0) is 109 Å². The number of rotatable bonds is 14. The summed E-state index contributed by atoms with van der Waals surface area (Å²) in [5, 5.41) is 24.0. The second kappa shape index (κ2) is 19.3. The first kappa shape index (κ1) is 53.7. The molecule has 0 saturated heterocycles. The van der Waals surface area contributed by atoms with Gasteiger partial charge < -0.3 is 20.8 Å². The average Bonchev–Trinajstić information content (AvgIpc) is 4.15. The van der Waals surface area contributed by atoms with E-state index in [0.29, 0.717) is 51.6 Å². The van der Waals surface area contributed by atoms with E-state index in [1.165, 1.54) is 30.6 Å². The third-order valence-corrected chi connectivity index (χ3v) is 14.7. The summed E-state index contributed by atoms with van der Waals surface area (Å²) in [5.41, 5.74) is -14.1. The third kappa shape index (κ3) is 12.3. The Labute approximate surface area is 380 Å². The van der Waals surface area contributed by atoms with E-state index in [1.54, 1.807) is 6.07 Å². The van der Waals surface area contributed by atoms with Gasteiger partial charge in [-0.25, -0.2) is 14.4 Å². The minimum absolute atomic E-state index is 0.0484. The van der Waals surface area contributed by atoms with E-state index in [9.17, 15) is 85.3 Å². The lowest BCUT2D eigenvalue weighted by Gasteiger charge is -2.33. The number of amides is 2. The maximum absolute atomic E-state index is 14.2. The van der Waals surface area contributed by atoms with Crippen molar-refractivity contribution >= 4 is 54.0 Å². The molecule has 4 N–H and O–H groups in total. The number of nitrogens with zero attached hydrogens (tertiary/aromatic N) is 2. The summed E-state index contributed by atoms with van der Waals surface area (Å²) in [5.74, 6) is 5.71. The summed E-state index contributed by atoms with van der Waals surface area (Å²) in [6.07, 6.45) is -18.3. The van der Waals surface area contributed by atoms with E-state index >= 15 is 0 Å². The van der Waals surface area contributed by atoms with Crippen molar-refractivity contribution in [3.63, 3.8) is 0 Å². The van der Waals surface area contributed by atoms with Crippen molar-refractivity contribution in [2.75, 3.05) is 22.1 Å². The Morgan fingerprint density at radius 1 is 0.603 bits per heavy atom. The van der Waals surface area contributed by atoms with Crippen LogP contribution in [0.25, 0.3) is 0 Å². The molecule has 0 radical (unpaired) electrons. The number of aliphatic hydroxyl groups is 2. The molecule has 25 heteroatoms. The fraction of sp³-hybridized carbons (Fsp3) is 0.395. The van der Waals surface area contributed by atoms with Crippen molar-refractivity contribution in [3.05, 3.63) is 107 Å². The number of nitrogens with one attached hydrogen (secondary N) is 2. The van der Waals surface area contributed by atoms with Crippen LogP contribution in [-0.4, -0.2) is 88.4 Å². The van der Waals surface area contributed by atoms with Crippen LogP contribution in [-0.2, 0) is 52.7 Å². The Hall–Kier alpha value is -5.27. The van der Waals surface area contributed by atoms with Gasteiger partial charge in [0.1, 0.15) is 15.9 Å². The molecular formula is C43H41F13N4O6S2. The van der Waals surface area contributed by atoms with E-state index in [1.807, 2.05) is 0 Å². The number of hydrogen-bond donors (Lipinski definition) is 4. The third-order valence-electron chi connectivity index (χ3n) is 10.7. The first-order valence-corrected chi connectivity index (χ1v) is 23.7. The molecule has 372 valence electrons. The lowest BCUT2D eigenvalue weighted by atomic mass is 9.88. The number of carbonyl (C=O) groups is 2. The maximum Gasteiger partial charge on any atom is 0.430 e. The van der Waals surface area contributed by atoms with Gasteiger partial charge in [0.25, 0.3) is 11.2 Å². The minimum Gasteiger partial charge on any atom is -0.369 e. The normalized spacial score (nSPS) is 16.7. The van der Waals surface area contributed by atoms with Crippen LogP contribution in [0.3, 0.4) is 0 Å². The number of hydrogen-bond acceptors (Lipinski definition) is 8. The van der Waals surface area contributed by atoms with Crippen molar-refractivity contribution in [1.82, 2.24) is 9.97 Å². The highest BCUT2D eigenvalue weighted by Crippen LogP contribution is 2.52. The van der Waals surface area contributed by atoms with Gasteiger partial charge in [0.2, 0.25) is 11.8 Å². The second-order valence-electron chi connectivity index (χ2n) is 16.4. The highest BCUT2D eigenvalue weighted by Gasteiger charge is 2.73. The van der Waals surface area contributed by atoms with Gasteiger partial charge in [0.15, 0.2) is 0 Å². The molecule has 2 atom stereocenters. The Morgan fingerprint density at radius 2 is 0.956 bits per heavy atom. The molecule has 0 aliphatic heterocycles. The number of alkyl halides is 12. The molecule has 6 rings (SSSR count). The quantitative estimate of drug-likeness (QED) is 0.0723. The lowest BCUT2D eigenvalue weighted by molar-refractivity contribution is -0.377. The number of halogens is 13. The van der Waals surface area contributed by atoms with Crippen LogP contribution in [0.4, 0.5) is 68.5 Å². The van der Waals surface area contributed by atoms with Crippen LogP contribution < -0.4 is 10.6 Å². The lowest BCUT2D eigenvalue weighted by Crippen LogP contribution is -2.54. The number of benzene rings is 2. The van der Waals surface area contributed by atoms with Crippen LogP contribution in [0, 0.1) is 24.6 Å². The monoisotopic (exact) mass is 1020 g/mol. The molecule has 68 heavy (non-hydrogen) atoms. The van der Waals surface area contributed by atoms with Crippen molar-refractivity contribution in [2.24, 2.45) is 11.8 Å².